The van der Waals surface area contributed by atoms with Gasteiger partial charge in [0.1, 0.15) is 5.76 Å². The quantitative estimate of drug-likeness (QED) is 0.334. The summed E-state index contributed by atoms with van der Waals surface area (Å²) in [6.07, 6.45) is 13.1. The highest BCUT2D eigenvalue weighted by molar-refractivity contribution is 6.02. The lowest BCUT2D eigenvalue weighted by molar-refractivity contribution is -0.0122. The van der Waals surface area contributed by atoms with Crippen LogP contribution < -0.4 is 0 Å². The van der Waals surface area contributed by atoms with E-state index < -0.39 is 0 Å². The van der Waals surface area contributed by atoms with Crippen molar-refractivity contribution in [2.75, 3.05) is 6.54 Å². The molecule has 1 heterocycles. The van der Waals surface area contributed by atoms with Crippen LogP contribution in [-0.4, -0.2) is 11.4 Å². The van der Waals surface area contributed by atoms with Gasteiger partial charge in [-0.25, -0.2) is 0 Å². The van der Waals surface area contributed by atoms with E-state index >= 15 is 0 Å². The standard InChI is InChI=1S/C35H32NO/c1-3-4-23-36-33(28-15-11-12-16-28)32-30(26-13-7-5-8-14-26)24-31(27-21-19-25(2)20-22-27)34(32)37-35(36)29-17-9-6-10-18-29/h5-22,24,35H,3-4,23H2,1-2H3. The second-order valence-corrected chi connectivity index (χ2v) is 9.86. The molecule has 0 saturated heterocycles. The van der Waals surface area contributed by atoms with Crippen LogP contribution in [-0.2, 0) is 4.74 Å². The van der Waals surface area contributed by atoms with Gasteiger partial charge in [-0.1, -0.05) is 122 Å². The first-order chi connectivity index (χ1) is 18.2. The molecule has 0 spiro atoms. The van der Waals surface area contributed by atoms with Crippen molar-refractivity contribution in [2.24, 2.45) is 0 Å². The molecule has 6 rings (SSSR count). The Bertz CT molecular complexity index is 1440. The van der Waals surface area contributed by atoms with Gasteiger partial charge in [0, 0.05) is 29.7 Å². The van der Waals surface area contributed by atoms with Crippen LogP contribution in [0, 0.1) is 13.3 Å². The van der Waals surface area contributed by atoms with Gasteiger partial charge in [-0.15, -0.1) is 0 Å². The van der Waals surface area contributed by atoms with Crippen LogP contribution in [0.4, 0.5) is 0 Å². The highest BCUT2D eigenvalue weighted by Gasteiger charge is 2.40. The Kier molecular flexibility index (Phi) is 6.40. The van der Waals surface area contributed by atoms with E-state index in [4.69, 9.17) is 4.74 Å². The van der Waals surface area contributed by atoms with E-state index in [1.54, 1.807) is 0 Å². The number of unbranched alkanes of at least 4 members (excludes halogenated alkanes) is 1. The predicted molar refractivity (Wildman–Crippen MR) is 153 cm³/mol. The number of hydrogen-bond donors (Lipinski definition) is 0. The van der Waals surface area contributed by atoms with Gasteiger partial charge in [0.25, 0.3) is 0 Å². The molecule has 0 N–H and O–H groups in total. The Morgan fingerprint density at radius 2 is 1.57 bits per heavy atom. The number of benzene rings is 3. The molecule has 0 saturated carbocycles. The fraction of sp³-hybridized carbons (Fsp3) is 0.171. The molecule has 0 aromatic heterocycles. The molecule has 0 amide bonds. The van der Waals surface area contributed by atoms with Gasteiger partial charge in [-0.05, 0) is 41.7 Å². The van der Waals surface area contributed by atoms with Crippen LogP contribution in [0.15, 0.2) is 132 Å². The van der Waals surface area contributed by atoms with Crippen molar-refractivity contribution in [1.82, 2.24) is 4.90 Å². The summed E-state index contributed by atoms with van der Waals surface area (Å²) < 4.78 is 7.08. The summed E-state index contributed by atoms with van der Waals surface area (Å²) in [6, 6.07) is 30.2. The lowest BCUT2D eigenvalue weighted by Crippen LogP contribution is -2.36. The molecule has 0 fully saturated rings. The number of aryl methyl sites for hydroxylation is 1. The molecule has 2 nitrogen and oxygen atoms in total. The minimum absolute atomic E-state index is 0.194. The Morgan fingerprint density at radius 1 is 0.838 bits per heavy atom. The number of hydrogen-bond acceptors (Lipinski definition) is 2. The lowest BCUT2D eigenvalue weighted by Gasteiger charge is -2.42. The highest BCUT2D eigenvalue weighted by atomic mass is 16.5. The zero-order valence-electron chi connectivity index (χ0n) is 21.5. The Hall–Kier alpha value is -4.04. The van der Waals surface area contributed by atoms with Crippen molar-refractivity contribution >= 4 is 11.1 Å². The molecule has 1 atom stereocenters. The summed E-state index contributed by atoms with van der Waals surface area (Å²) in [5.41, 5.74) is 10.9. The van der Waals surface area contributed by atoms with E-state index in [9.17, 15) is 0 Å². The van der Waals surface area contributed by atoms with Crippen LogP contribution >= 0.6 is 0 Å². The lowest BCUT2D eigenvalue weighted by atomic mass is 9.93. The second-order valence-electron chi connectivity index (χ2n) is 9.86. The maximum Gasteiger partial charge on any atom is 0.198 e. The number of nitrogens with zero attached hydrogens (tertiary/aromatic N) is 1. The summed E-state index contributed by atoms with van der Waals surface area (Å²) in [5, 5.41) is 0. The average Bonchev–Trinajstić information content (AvgIpc) is 3.61. The van der Waals surface area contributed by atoms with E-state index in [0.29, 0.717) is 0 Å². The van der Waals surface area contributed by atoms with Gasteiger partial charge in [-0.3, -0.25) is 0 Å². The average molecular weight is 483 g/mol. The summed E-state index contributed by atoms with van der Waals surface area (Å²) in [4.78, 5) is 2.49. The second kappa shape index (κ2) is 10.1. The van der Waals surface area contributed by atoms with Crippen LogP contribution in [0.25, 0.3) is 11.1 Å². The van der Waals surface area contributed by atoms with Crippen molar-refractivity contribution in [3.63, 3.8) is 0 Å². The first kappa shape index (κ1) is 23.4. The van der Waals surface area contributed by atoms with Gasteiger partial charge in [0.05, 0.1) is 5.70 Å². The van der Waals surface area contributed by atoms with Gasteiger partial charge in [-0.2, -0.15) is 0 Å². The molecule has 3 aromatic carbocycles. The third-order valence-corrected chi connectivity index (χ3v) is 7.29. The number of allylic oxidation sites excluding steroid dienone is 6. The number of fused-ring (bicyclic) bond motifs is 1. The third-order valence-electron chi connectivity index (χ3n) is 7.29. The summed E-state index contributed by atoms with van der Waals surface area (Å²) in [5.74, 6) is 0.973. The van der Waals surface area contributed by atoms with Crippen molar-refractivity contribution in [2.45, 2.75) is 32.9 Å². The Labute approximate surface area is 220 Å². The van der Waals surface area contributed by atoms with E-state index in [1.165, 1.54) is 44.7 Å². The minimum Gasteiger partial charge on any atom is -0.465 e. The fourth-order valence-electron chi connectivity index (χ4n) is 5.39. The minimum atomic E-state index is -0.194. The van der Waals surface area contributed by atoms with Crippen molar-refractivity contribution < 1.29 is 4.74 Å². The van der Waals surface area contributed by atoms with Gasteiger partial charge < -0.3 is 9.64 Å². The largest absolute Gasteiger partial charge is 0.465 e. The molecule has 183 valence electrons. The monoisotopic (exact) mass is 482 g/mol. The smallest absolute Gasteiger partial charge is 0.198 e. The Morgan fingerprint density at radius 3 is 2.24 bits per heavy atom. The van der Waals surface area contributed by atoms with Crippen LogP contribution in [0.3, 0.4) is 0 Å². The van der Waals surface area contributed by atoms with Crippen molar-refractivity contribution in [3.05, 3.63) is 161 Å². The molecular weight excluding hydrogens is 450 g/mol. The fourth-order valence-corrected chi connectivity index (χ4v) is 5.39. The number of rotatable bonds is 7. The molecule has 3 aliphatic rings. The van der Waals surface area contributed by atoms with Crippen molar-refractivity contribution in [3.8, 4) is 0 Å². The zero-order chi connectivity index (χ0) is 25.2. The van der Waals surface area contributed by atoms with E-state index in [1.807, 2.05) is 0 Å². The van der Waals surface area contributed by atoms with E-state index in [-0.39, 0.29) is 6.23 Å². The van der Waals surface area contributed by atoms with Gasteiger partial charge >= 0.3 is 0 Å². The van der Waals surface area contributed by atoms with Crippen LogP contribution in [0.1, 0.15) is 48.2 Å². The predicted octanol–water partition coefficient (Wildman–Crippen LogP) is 8.59. The number of ether oxygens (including phenoxy) is 1. The molecular formula is C35H32NO. The van der Waals surface area contributed by atoms with E-state index in [0.717, 1.165) is 30.7 Å². The highest BCUT2D eigenvalue weighted by Crippen LogP contribution is 2.52. The van der Waals surface area contributed by atoms with E-state index in [2.05, 4.69) is 134 Å². The molecule has 2 heteroatoms. The summed E-state index contributed by atoms with van der Waals surface area (Å²) in [7, 11) is 0. The third kappa shape index (κ3) is 4.38. The van der Waals surface area contributed by atoms with Gasteiger partial charge in [0.2, 0.25) is 0 Å². The molecule has 2 aliphatic carbocycles. The molecule has 1 radical (unpaired) electrons. The molecule has 1 aliphatic heterocycles. The maximum absolute atomic E-state index is 7.08. The summed E-state index contributed by atoms with van der Waals surface area (Å²) >= 11 is 0. The van der Waals surface area contributed by atoms with Crippen LogP contribution in [0.2, 0.25) is 0 Å². The molecule has 1 unspecified atom stereocenters. The first-order valence-corrected chi connectivity index (χ1v) is 13.3. The SMILES string of the molecule is CCCCN1C(C2=C[CH]C=C2)=C2C(c3ccccc3)=CC(c3ccc(C)cc3)=C2OC1c1ccccc1. The summed E-state index contributed by atoms with van der Waals surface area (Å²) in [6.45, 7) is 5.31. The van der Waals surface area contributed by atoms with Crippen molar-refractivity contribution in [1.29, 1.82) is 0 Å². The molecule has 3 aromatic rings. The molecule has 0 bridgehead atoms. The molecule has 37 heavy (non-hydrogen) atoms. The maximum atomic E-state index is 7.08. The topological polar surface area (TPSA) is 12.5 Å². The zero-order valence-corrected chi connectivity index (χ0v) is 21.5. The van der Waals surface area contributed by atoms with Gasteiger partial charge in [0.15, 0.2) is 6.23 Å². The van der Waals surface area contributed by atoms with Crippen LogP contribution in [0.5, 0.6) is 0 Å². The first-order valence-electron chi connectivity index (χ1n) is 13.3. The Balaban J connectivity index is 1.63. The normalized spacial score (nSPS) is 18.6.